The van der Waals surface area contributed by atoms with Crippen molar-refractivity contribution in [2.45, 2.75) is 18.4 Å². The second-order valence-corrected chi connectivity index (χ2v) is 9.38. The van der Waals surface area contributed by atoms with E-state index in [4.69, 9.17) is 10.7 Å². The highest BCUT2D eigenvalue weighted by Gasteiger charge is 2.26. The number of benzene rings is 2. The van der Waals surface area contributed by atoms with Gasteiger partial charge in [-0.3, -0.25) is 13.9 Å². The van der Waals surface area contributed by atoms with Gasteiger partial charge < -0.3 is 16.0 Å². The maximum Gasteiger partial charge on any atom is 0.238 e. The molecule has 1 amide bonds. The lowest BCUT2D eigenvalue weighted by atomic mass is 10.1. The highest BCUT2D eigenvalue weighted by molar-refractivity contribution is 8.24. The molecule has 4 rings (SSSR count). The predicted molar refractivity (Wildman–Crippen MR) is 118 cm³/mol. The Balaban J connectivity index is 1.80. The molecule has 0 fully saturated rings. The van der Waals surface area contributed by atoms with Crippen molar-refractivity contribution in [2.75, 3.05) is 29.1 Å². The normalized spacial score (nSPS) is 16.8. The molecule has 1 aliphatic heterocycles. The molecule has 2 heterocycles. The number of aryl methyl sites for hydroxylation is 1. The largest absolute Gasteiger partial charge is 0.351 e. The van der Waals surface area contributed by atoms with Crippen LogP contribution in [0.25, 0.3) is 10.9 Å². The molecule has 0 unspecified atom stereocenters. The Kier molecular flexibility index (Phi) is 5.18. The number of pyridine rings is 1. The number of nitrogens with one attached hydrogen (secondary N) is 1. The van der Waals surface area contributed by atoms with Crippen LogP contribution in [0.5, 0.6) is 0 Å². The third-order valence-electron chi connectivity index (χ3n) is 5.07. The van der Waals surface area contributed by atoms with E-state index in [-0.39, 0.29) is 18.2 Å². The second kappa shape index (κ2) is 7.64. The number of anilines is 2. The Bertz CT molecular complexity index is 1090. The molecule has 1 aliphatic rings. The first-order valence-electron chi connectivity index (χ1n) is 9.37. The van der Waals surface area contributed by atoms with E-state index in [1.165, 1.54) is 0 Å². The maximum atomic E-state index is 12.0. The Morgan fingerprint density at radius 2 is 2.03 bits per heavy atom. The zero-order chi connectivity index (χ0) is 20.6. The van der Waals surface area contributed by atoms with E-state index in [0.29, 0.717) is 29.5 Å². The van der Waals surface area contributed by atoms with Gasteiger partial charge in [-0.1, -0.05) is 29.8 Å². The van der Waals surface area contributed by atoms with Gasteiger partial charge in [-0.15, -0.1) is 0 Å². The molecule has 3 aromatic rings. The number of aromatic nitrogens is 1. The summed E-state index contributed by atoms with van der Waals surface area (Å²) in [5.74, 6) is 0.614. The molecule has 0 saturated carbocycles. The molecule has 0 aliphatic carbocycles. The topological polar surface area (TPSA) is 112 Å². The van der Waals surface area contributed by atoms with Gasteiger partial charge in [0.1, 0.15) is 5.82 Å². The van der Waals surface area contributed by atoms with Crippen LogP contribution in [0.2, 0.25) is 0 Å². The number of hydrogen-bond acceptors (Lipinski definition) is 6. The average Bonchev–Trinajstić information content (AvgIpc) is 2.84. The quantitative estimate of drug-likeness (QED) is 0.523. The van der Waals surface area contributed by atoms with Crippen LogP contribution in [-0.4, -0.2) is 38.8 Å². The van der Waals surface area contributed by atoms with E-state index in [2.05, 4.69) is 5.32 Å². The van der Waals surface area contributed by atoms with Crippen molar-refractivity contribution in [1.82, 2.24) is 4.98 Å². The molecule has 0 atom stereocenters. The maximum absolute atomic E-state index is 12.0. The lowest BCUT2D eigenvalue weighted by Gasteiger charge is -2.32. The molecular formula is C21H24N4O3S. The van der Waals surface area contributed by atoms with Crippen LogP contribution < -0.4 is 16.0 Å². The first-order valence-corrected chi connectivity index (χ1v) is 11.1. The zero-order valence-electron chi connectivity index (χ0n) is 16.1. The van der Waals surface area contributed by atoms with E-state index < -0.39 is 10.6 Å². The second-order valence-electron chi connectivity index (χ2n) is 7.20. The average molecular weight is 413 g/mol. The Hall–Kier alpha value is -2.65. The molecular weight excluding hydrogens is 388 g/mol. The van der Waals surface area contributed by atoms with Gasteiger partial charge in [0.25, 0.3) is 0 Å². The van der Waals surface area contributed by atoms with E-state index in [9.17, 15) is 13.9 Å². The minimum atomic E-state index is -2.86. The van der Waals surface area contributed by atoms with Crippen LogP contribution in [0.4, 0.5) is 11.5 Å². The summed E-state index contributed by atoms with van der Waals surface area (Å²) in [6, 6.07) is 15.1. The molecule has 0 bridgehead atoms. The number of rotatable bonds is 3. The Labute approximate surface area is 170 Å². The molecule has 0 spiro atoms. The molecule has 152 valence electrons. The fourth-order valence-electron chi connectivity index (χ4n) is 3.57. The Morgan fingerprint density at radius 3 is 2.83 bits per heavy atom. The van der Waals surface area contributed by atoms with Crippen molar-refractivity contribution in [3.63, 3.8) is 0 Å². The first kappa shape index (κ1) is 19.7. The smallest absolute Gasteiger partial charge is 0.238 e. The van der Waals surface area contributed by atoms with Crippen LogP contribution in [0.15, 0.2) is 53.4 Å². The van der Waals surface area contributed by atoms with Crippen molar-refractivity contribution in [3.05, 3.63) is 59.7 Å². The van der Waals surface area contributed by atoms with Gasteiger partial charge in [-0.25, -0.2) is 4.98 Å². The number of carbonyl (C=O) groups is 1. The van der Waals surface area contributed by atoms with Crippen molar-refractivity contribution < 1.29 is 13.9 Å². The van der Waals surface area contributed by atoms with Gasteiger partial charge in [0.15, 0.2) is 0 Å². The van der Waals surface area contributed by atoms with E-state index >= 15 is 0 Å². The fourth-order valence-corrected chi connectivity index (χ4v) is 5.12. The van der Waals surface area contributed by atoms with Gasteiger partial charge in [-0.2, -0.15) is 10.6 Å². The molecule has 29 heavy (non-hydrogen) atoms. The summed E-state index contributed by atoms with van der Waals surface area (Å²) in [6.07, 6.45) is 0. The highest BCUT2D eigenvalue weighted by atomic mass is 32.3. The molecule has 2 aromatic carbocycles. The van der Waals surface area contributed by atoms with Gasteiger partial charge in [-0.05, 0) is 30.7 Å². The number of fused-ring (bicyclic) bond motifs is 2. The first-order chi connectivity index (χ1) is 13.9. The third kappa shape index (κ3) is 3.92. The van der Waals surface area contributed by atoms with Crippen LogP contribution in [-0.2, 0) is 11.3 Å². The van der Waals surface area contributed by atoms with Gasteiger partial charge in [0.2, 0.25) is 5.91 Å². The Morgan fingerprint density at radius 1 is 1.24 bits per heavy atom. The zero-order valence-corrected chi connectivity index (χ0v) is 16.9. The number of amides is 1. The predicted octanol–water partition coefficient (Wildman–Crippen LogP) is 3.57. The van der Waals surface area contributed by atoms with Gasteiger partial charge in [0.05, 0.1) is 28.4 Å². The number of hydrogen-bond donors (Lipinski definition) is 4. The van der Waals surface area contributed by atoms with Gasteiger partial charge >= 0.3 is 0 Å². The molecule has 5 N–H and O–H groups in total. The van der Waals surface area contributed by atoms with E-state index in [1.54, 1.807) is 6.07 Å². The summed E-state index contributed by atoms with van der Waals surface area (Å²) < 4.78 is 21.2. The monoisotopic (exact) mass is 412 g/mol. The summed E-state index contributed by atoms with van der Waals surface area (Å²) >= 11 is 0. The van der Waals surface area contributed by atoms with Crippen LogP contribution in [0.3, 0.4) is 0 Å². The van der Waals surface area contributed by atoms with Crippen molar-refractivity contribution >= 4 is 38.9 Å². The lowest BCUT2D eigenvalue weighted by Crippen LogP contribution is -2.27. The highest BCUT2D eigenvalue weighted by Crippen LogP contribution is 2.51. The summed E-state index contributed by atoms with van der Waals surface area (Å²) in [5, 5.41) is 3.71. The number of nitrogens with two attached hydrogens (primary N) is 1. The van der Waals surface area contributed by atoms with Crippen LogP contribution >= 0.6 is 10.6 Å². The molecule has 0 radical (unpaired) electrons. The van der Waals surface area contributed by atoms with Crippen LogP contribution in [0.1, 0.15) is 11.1 Å². The number of carbonyl (C=O) groups excluding carboxylic acids is 1. The summed E-state index contributed by atoms with van der Waals surface area (Å²) in [7, 11) is -2.86. The minimum Gasteiger partial charge on any atom is -0.351 e. The van der Waals surface area contributed by atoms with Crippen molar-refractivity contribution in [2.24, 2.45) is 5.73 Å². The SMILES string of the molecule is Cc1ccc2nc(N3CCS(O)(O)c4ccccc4C3)cc(NC(=O)CN)c2c1. The molecule has 0 saturated heterocycles. The molecule has 8 heteroatoms. The molecule has 7 nitrogen and oxygen atoms in total. The van der Waals surface area contributed by atoms with Gasteiger partial charge in [0, 0.05) is 24.5 Å². The van der Waals surface area contributed by atoms with Crippen LogP contribution in [0, 0.1) is 6.92 Å². The van der Waals surface area contributed by atoms with Crippen molar-refractivity contribution in [1.29, 1.82) is 0 Å². The number of nitrogens with zero attached hydrogens (tertiary/aromatic N) is 2. The van der Waals surface area contributed by atoms with E-state index in [0.717, 1.165) is 22.0 Å². The minimum absolute atomic E-state index is 0.108. The fraction of sp³-hybridized carbons (Fsp3) is 0.238. The lowest BCUT2D eigenvalue weighted by molar-refractivity contribution is -0.114. The standard InChI is InChI=1S/C21H24N4O3S/c1-14-6-7-17-16(10-14)18(24-21(26)12-22)11-20(23-17)25-8-9-29(27,28)19-5-3-2-4-15(19)13-25/h2-7,10-11,27-28H,8-9,12-13,22H2,1H3,(H,23,24,26). The van der Waals surface area contributed by atoms with Crippen molar-refractivity contribution in [3.8, 4) is 0 Å². The third-order valence-corrected chi connectivity index (χ3v) is 6.92. The van der Waals surface area contributed by atoms with E-state index in [1.807, 2.05) is 54.3 Å². The summed E-state index contributed by atoms with van der Waals surface area (Å²) in [6.45, 7) is 2.81. The summed E-state index contributed by atoms with van der Waals surface area (Å²) in [4.78, 5) is 19.4. The summed E-state index contributed by atoms with van der Waals surface area (Å²) in [5.41, 5.74) is 8.82. The molecule has 1 aromatic heterocycles.